The number of benzene rings is 9. The zero-order valence-electron chi connectivity index (χ0n) is 42.3. The number of fused-ring (bicyclic) bond motifs is 6. The lowest BCUT2D eigenvalue weighted by Gasteiger charge is -2.32. The van der Waals surface area contributed by atoms with Gasteiger partial charge in [-0.25, -0.2) is 0 Å². The van der Waals surface area contributed by atoms with Crippen LogP contribution in [0.2, 0.25) is 0 Å². The molecule has 1 unspecified atom stereocenters. The average molecular weight is 925 g/mol. The van der Waals surface area contributed by atoms with Crippen molar-refractivity contribution in [3.63, 3.8) is 0 Å². The summed E-state index contributed by atoms with van der Waals surface area (Å²) in [5.74, 6) is 1.20. The van der Waals surface area contributed by atoms with Crippen LogP contribution in [0.25, 0.3) is 60.9 Å². The van der Waals surface area contributed by atoms with Crippen LogP contribution < -0.4 is 4.90 Å². The first-order valence-corrected chi connectivity index (χ1v) is 25.5. The first-order valence-electron chi connectivity index (χ1n) is 25.5. The molecule has 3 nitrogen and oxygen atoms in total. The van der Waals surface area contributed by atoms with Crippen LogP contribution in [0.3, 0.4) is 0 Å². The highest BCUT2D eigenvalue weighted by Gasteiger charge is 2.36. The molecule has 1 aliphatic carbocycles. The highest BCUT2D eigenvalue weighted by Crippen LogP contribution is 2.51. The number of para-hydroxylation sites is 1. The van der Waals surface area contributed by atoms with E-state index in [1.807, 2.05) is 0 Å². The molecule has 1 heterocycles. The molecule has 0 fully saturated rings. The molecule has 1 atom stereocenters. The van der Waals surface area contributed by atoms with E-state index in [0.29, 0.717) is 25.0 Å². The van der Waals surface area contributed by atoms with Gasteiger partial charge in [-0.3, -0.25) is 0 Å². The van der Waals surface area contributed by atoms with E-state index in [-0.39, 0.29) is 10.8 Å². The first kappa shape index (κ1) is 46.0. The van der Waals surface area contributed by atoms with Gasteiger partial charge >= 0.3 is 0 Å². The van der Waals surface area contributed by atoms with Crippen molar-refractivity contribution in [2.75, 3.05) is 4.90 Å². The number of nitrogens with zero attached hydrogens (tertiary/aromatic N) is 2. The third-order valence-corrected chi connectivity index (χ3v) is 15.1. The second kappa shape index (κ2) is 18.7. The van der Waals surface area contributed by atoms with Crippen molar-refractivity contribution in [3.8, 4) is 39.1 Å². The van der Waals surface area contributed by atoms with E-state index in [1.54, 1.807) is 0 Å². The van der Waals surface area contributed by atoms with Gasteiger partial charge in [0.1, 0.15) is 0 Å². The largest absolute Gasteiger partial charge is 0.372 e. The maximum atomic E-state index is 6.27. The molecule has 0 spiro atoms. The molecule has 0 saturated heterocycles. The Balaban J connectivity index is 0.856. The summed E-state index contributed by atoms with van der Waals surface area (Å²) in [6.45, 7) is 17.6. The van der Waals surface area contributed by atoms with Crippen molar-refractivity contribution in [3.05, 3.63) is 240 Å². The summed E-state index contributed by atoms with van der Waals surface area (Å²) in [5, 5.41) is 2.48. The summed E-state index contributed by atoms with van der Waals surface area (Å²) in [7, 11) is 0. The Kier molecular flexibility index (Phi) is 12.1. The number of ether oxygens (including phenoxy) is 1. The van der Waals surface area contributed by atoms with Crippen LogP contribution in [0.4, 0.5) is 17.1 Å². The molecule has 11 rings (SSSR count). The molecular formula is C68H64N2O. The predicted octanol–water partition coefficient (Wildman–Crippen LogP) is 18.8. The minimum absolute atomic E-state index is 0.104. The maximum Gasteiger partial charge on any atom is 0.0721 e. The zero-order valence-corrected chi connectivity index (χ0v) is 42.3. The summed E-state index contributed by atoms with van der Waals surface area (Å²) in [6, 6.07) is 78.3. The molecule has 0 saturated carbocycles. The SMILES string of the molecule is CC(C)CC(c1ccc(COCc2ccc(-n3c4ccccc4c4cc(-c5ccc(N(c6ccc(-c7ccccc7)cc6)c6ccc7c(c6)C(C)(C)c6ccccc6-7)cc5)ccc43)cc2)cc1)C(C)(C)C. The van der Waals surface area contributed by atoms with Gasteiger partial charge in [-0.15, -0.1) is 0 Å². The lowest BCUT2D eigenvalue weighted by molar-refractivity contribution is 0.107. The van der Waals surface area contributed by atoms with Crippen molar-refractivity contribution in [2.45, 2.75) is 79.4 Å². The van der Waals surface area contributed by atoms with E-state index in [2.05, 4.69) is 270 Å². The van der Waals surface area contributed by atoms with Crippen LogP contribution in [0.5, 0.6) is 0 Å². The molecule has 352 valence electrons. The van der Waals surface area contributed by atoms with Crippen molar-refractivity contribution in [1.82, 2.24) is 4.57 Å². The summed E-state index contributed by atoms with van der Waals surface area (Å²) >= 11 is 0. The fraction of sp³-hybridized carbons (Fsp3) is 0.206. The second-order valence-electron chi connectivity index (χ2n) is 21.7. The lowest BCUT2D eigenvalue weighted by Crippen LogP contribution is -2.20. The Morgan fingerprint density at radius 1 is 0.479 bits per heavy atom. The van der Waals surface area contributed by atoms with E-state index in [4.69, 9.17) is 4.74 Å². The van der Waals surface area contributed by atoms with Gasteiger partial charge in [0, 0.05) is 38.9 Å². The van der Waals surface area contributed by atoms with E-state index < -0.39 is 0 Å². The third kappa shape index (κ3) is 8.89. The molecular weight excluding hydrogens is 861 g/mol. The zero-order chi connectivity index (χ0) is 48.9. The number of hydrogen-bond donors (Lipinski definition) is 0. The van der Waals surface area contributed by atoms with Gasteiger partial charge in [0.2, 0.25) is 0 Å². The summed E-state index contributed by atoms with van der Waals surface area (Å²) in [4.78, 5) is 2.40. The molecule has 9 aromatic carbocycles. The first-order chi connectivity index (χ1) is 34.4. The molecule has 0 radical (unpaired) electrons. The van der Waals surface area contributed by atoms with Crippen LogP contribution in [0.15, 0.2) is 212 Å². The van der Waals surface area contributed by atoms with Crippen LogP contribution in [-0.4, -0.2) is 4.57 Å². The molecule has 0 amide bonds. The number of aromatic nitrogens is 1. The number of rotatable bonds is 13. The Labute approximate surface area is 421 Å². The van der Waals surface area contributed by atoms with E-state index >= 15 is 0 Å². The van der Waals surface area contributed by atoms with Crippen LogP contribution in [0.1, 0.15) is 88.6 Å². The van der Waals surface area contributed by atoms with Crippen molar-refractivity contribution in [2.24, 2.45) is 11.3 Å². The van der Waals surface area contributed by atoms with Gasteiger partial charge in [0.15, 0.2) is 0 Å². The normalized spacial score (nSPS) is 13.4. The molecule has 1 aromatic heterocycles. The standard InChI is InChI=1S/C68H64N2O/c1-46(2)41-63(67(3,4)5)52-25-21-47(22-26-52)44-71-45-48-23-32-56(33-24-48)70-65-20-14-12-18-60(65)61-42-53(31-40-66(61)70)51-29-36-55(37-30-51)69(54-34-27-50(28-35-54)49-15-9-8-10-16-49)57-38-39-59-58-17-11-13-19-62(58)68(6,7)64(59)43-57/h8-40,42-43,46,63H,41,44-45H2,1-7H3. The van der Waals surface area contributed by atoms with Gasteiger partial charge < -0.3 is 14.2 Å². The van der Waals surface area contributed by atoms with Crippen molar-refractivity contribution in [1.29, 1.82) is 0 Å². The molecule has 10 aromatic rings. The maximum absolute atomic E-state index is 6.27. The summed E-state index contributed by atoms with van der Waals surface area (Å²) in [5.41, 5.74) is 21.0. The third-order valence-electron chi connectivity index (χ3n) is 15.1. The molecule has 3 heteroatoms. The van der Waals surface area contributed by atoms with Crippen LogP contribution in [0, 0.1) is 11.3 Å². The second-order valence-corrected chi connectivity index (χ2v) is 21.7. The minimum Gasteiger partial charge on any atom is -0.372 e. The number of anilines is 3. The predicted molar refractivity (Wildman–Crippen MR) is 300 cm³/mol. The summed E-state index contributed by atoms with van der Waals surface area (Å²) < 4.78 is 8.67. The van der Waals surface area contributed by atoms with Crippen molar-refractivity contribution < 1.29 is 4.74 Å². The van der Waals surface area contributed by atoms with Gasteiger partial charge in [0.05, 0.1) is 24.2 Å². The molecule has 0 N–H and O–H groups in total. The average Bonchev–Trinajstić information content (AvgIpc) is 3.84. The molecule has 0 bridgehead atoms. The van der Waals surface area contributed by atoms with E-state index in [0.717, 1.165) is 28.3 Å². The highest BCUT2D eigenvalue weighted by molar-refractivity contribution is 6.10. The number of hydrogen-bond acceptors (Lipinski definition) is 2. The fourth-order valence-electron chi connectivity index (χ4n) is 11.3. The van der Waals surface area contributed by atoms with Gasteiger partial charge in [0.25, 0.3) is 0 Å². The summed E-state index contributed by atoms with van der Waals surface area (Å²) in [6.07, 6.45) is 1.19. The molecule has 0 aliphatic heterocycles. The van der Waals surface area contributed by atoms with Crippen LogP contribution >= 0.6 is 0 Å². The van der Waals surface area contributed by atoms with Crippen molar-refractivity contribution >= 4 is 38.9 Å². The topological polar surface area (TPSA) is 17.4 Å². The Morgan fingerprint density at radius 3 is 1.68 bits per heavy atom. The van der Waals surface area contributed by atoms with Gasteiger partial charge in [-0.05, 0) is 152 Å². The smallest absolute Gasteiger partial charge is 0.0721 e. The highest BCUT2D eigenvalue weighted by atomic mass is 16.5. The van der Waals surface area contributed by atoms with E-state index in [9.17, 15) is 0 Å². The van der Waals surface area contributed by atoms with Crippen LogP contribution in [-0.2, 0) is 23.4 Å². The molecule has 1 aliphatic rings. The quantitative estimate of drug-likeness (QED) is 0.115. The Hall–Kier alpha value is -7.46. The Morgan fingerprint density at radius 2 is 1.01 bits per heavy atom. The van der Waals surface area contributed by atoms with E-state index in [1.165, 1.54) is 83.9 Å². The van der Waals surface area contributed by atoms with Gasteiger partial charge in [-0.2, -0.15) is 0 Å². The fourth-order valence-corrected chi connectivity index (χ4v) is 11.3. The van der Waals surface area contributed by atoms with Gasteiger partial charge in [-0.1, -0.05) is 194 Å². The minimum atomic E-state index is -0.104. The lowest BCUT2D eigenvalue weighted by atomic mass is 9.72. The molecule has 71 heavy (non-hydrogen) atoms. The monoisotopic (exact) mass is 925 g/mol. The Bertz CT molecular complexity index is 3480.